The molecule has 1 aliphatic carbocycles. The average molecular weight is 380 g/mol. The van der Waals surface area contributed by atoms with Crippen LogP contribution in [0.2, 0.25) is 0 Å². The minimum atomic E-state index is 0. The van der Waals surface area contributed by atoms with Gasteiger partial charge in [-0.1, -0.05) is 6.92 Å². The molecule has 1 saturated heterocycles. The second-order valence-corrected chi connectivity index (χ2v) is 7.43. The predicted molar refractivity (Wildman–Crippen MR) is 99.8 cm³/mol. The van der Waals surface area contributed by atoms with E-state index in [1.807, 2.05) is 0 Å². The fourth-order valence-electron chi connectivity index (χ4n) is 3.09. The molecule has 1 atom stereocenters. The van der Waals surface area contributed by atoms with Crippen molar-refractivity contribution < 1.29 is 4.79 Å². The Kier molecular flexibility index (Phi) is 8.83. The number of piperidine rings is 1. The first-order valence-electron chi connectivity index (χ1n) is 8.14. The van der Waals surface area contributed by atoms with Crippen molar-refractivity contribution in [3.8, 4) is 0 Å². The Morgan fingerprint density at radius 2 is 2.04 bits per heavy atom. The van der Waals surface area contributed by atoms with Crippen LogP contribution >= 0.6 is 36.2 Å². The largest absolute Gasteiger partial charge is 0.350 e. The Balaban J connectivity index is 0.00000132. The number of nitrogens with zero attached hydrogens (tertiary/aromatic N) is 1. The Bertz CT molecular complexity index is 487. The maximum Gasteiger partial charge on any atom is 0.220 e. The molecule has 7 heteroatoms. The van der Waals surface area contributed by atoms with Crippen LogP contribution in [0.3, 0.4) is 0 Å². The summed E-state index contributed by atoms with van der Waals surface area (Å²) in [4.78, 5) is 16.7. The zero-order chi connectivity index (χ0) is 14.7. The summed E-state index contributed by atoms with van der Waals surface area (Å²) >= 11 is 1.67. The fourth-order valence-corrected chi connectivity index (χ4v) is 3.91. The van der Waals surface area contributed by atoms with Crippen molar-refractivity contribution in [1.82, 2.24) is 15.6 Å². The van der Waals surface area contributed by atoms with Gasteiger partial charge in [-0.2, -0.15) is 0 Å². The molecule has 2 fully saturated rings. The van der Waals surface area contributed by atoms with Crippen LogP contribution < -0.4 is 10.6 Å². The summed E-state index contributed by atoms with van der Waals surface area (Å²) in [5.41, 5.74) is 1.23. The highest BCUT2D eigenvalue weighted by molar-refractivity contribution is 7.09. The lowest BCUT2D eigenvalue weighted by Crippen LogP contribution is -2.33. The maximum absolute atomic E-state index is 12.1. The fraction of sp³-hybridized carbons (Fsp3) is 0.750. The van der Waals surface area contributed by atoms with E-state index in [2.05, 4.69) is 27.9 Å². The van der Waals surface area contributed by atoms with Crippen molar-refractivity contribution in [2.24, 2.45) is 11.8 Å². The molecule has 3 rings (SSSR count). The van der Waals surface area contributed by atoms with Crippen molar-refractivity contribution in [2.45, 2.75) is 51.5 Å². The summed E-state index contributed by atoms with van der Waals surface area (Å²) in [6.45, 7) is 5.00. The first-order chi connectivity index (χ1) is 10.2. The summed E-state index contributed by atoms with van der Waals surface area (Å²) in [5.74, 6) is 2.04. The van der Waals surface area contributed by atoms with Gasteiger partial charge in [-0.3, -0.25) is 4.79 Å². The Labute approximate surface area is 155 Å². The molecule has 1 aromatic rings. The monoisotopic (exact) mass is 379 g/mol. The number of amides is 1. The Morgan fingerprint density at radius 3 is 2.70 bits per heavy atom. The van der Waals surface area contributed by atoms with Gasteiger partial charge in [0.15, 0.2) is 0 Å². The van der Waals surface area contributed by atoms with E-state index in [4.69, 9.17) is 0 Å². The van der Waals surface area contributed by atoms with E-state index >= 15 is 0 Å². The lowest BCUT2D eigenvalue weighted by atomic mass is 9.84. The van der Waals surface area contributed by atoms with Crippen molar-refractivity contribution in [3.63, 3.8) is 0 Å². The molecule has 0 bridgehead atoms. The first-order valence-corrected chi connectivity index (χ1v) is 9.02. The molecule has 132 valence electrons. The average Bonchev–Trinajstić information content (AvgIpc) is 3.25. The highest BCUT2D eigenvalue weighted by Crippen LogP contribution is 2.40. The second-order valence-electron chi connectivity index (χ2n) is 6.49. The number of carbonyl (C=O) groups excluding carboxylic acids is 1. The van der Waals surface area contributed by atoms with Gasteiger partial charge in [0.25, 0.3) is 0 Å². The van der Waals surface area contributed by atoms with Gasteiger partial charge in [-0.05, 0) is 50.6 Å². The zero-order valence-electron chi connectivity index (χ0n) is 13.5. The number of aromatic nitrogens is 1. The topological polar surface area (TPSA) is 54.0 Å². The number of halogens is 2. The molecule has 23 heavy (non-hydrogen) atoms. The lowest BCUT2D eigenvalue weighted by molar-refractivity contribution is -0.122. The molecule has 1 saturated carbocycles. The zero-order valence-corrected chi connectivity index (χ0v) is 16.0. The van der Waals surface area contributed by atoms with Gasteiger partial charge in [0.2, 0.25) is 5.91 Å². The quantitative estimate of drug-likeness (QED) is 0.794. The summed E-state index contributed by atoms with van der Waals surface area (Å²) < 4.78 is 0. The highest BCUT2D eigenvalue weighted by atomic mass is 35.5. The van der Waals surface area contributed by atoms with Crippen LogP contribution in [0.15, 0.2) is 5.38 Å². The van der Waals surface area contributed by atoms with E-state index < -0.39 is 0 Å². The van der Waals surface area contributed by atoms with Crippen molar-refractivity contribution in [1.29, 1.82) is 0 Å². The van der Waals surface area contributed by atoms with Crippen LogP contribution in [-0.4, -0.2) is 24.0 Å². The molecule has 1 aliphatic heterocycles. The molecule has 2 N–H and O–H groups in total. The second kappa shape index (κ2) is 9.82. The van der Waals surface area contributed by atoms with Crippen molar-refractivity contribution >= 4 is 42.1 Å². The minimum Gasteiger partial charge on any atom is -0.350 e. The van der Waals surface area contributed by atoms with Crippen molar-refractivity contribution in [3.05, 3.63) is 16.1 Å². The van der Waals surface area contributed by atoms with E-state index in [9.17, 15) is 4.79 Å². The molecule has 2 heterocycles. The number of carbonyl (C=O) groups is 1. The number of hydrogen-bond acceptors (Lipinski definition) is 4. The number of nitrogens with one attached hydrogen (secondary N) is 2. The SMILES string of the molecule is CC(CC(=O)NCc1nc(C2CC2)cs1)C1CCNCC1.Cl.Cl. The van der Waals surface area contributed by atoms with Crippen LogP contribution in [0.4, 0.5) is 0 Å². The smallest absolute Gasteiger partial charge is 0.220 e. The summed E-state index contributed by atoms with van der Waals surface area (Å²) in [5, 5.41) is 9.60. The van der Waals surface area contributed by atoms with E-state index in [-0.39, 0.29) is 30.7 Å². The molecular formula is C16H27Cl2N3OS. The third-order valence-electron chi connectivity index (χ3n) is 4.70. The van der Waals surface area contributed by atoms with Gasteiger partial charge < -0.3 is 10.6 Å². The summed E-state index contributed by atoms with van der Waals surface area (Å²) in [6.07, 6.45) is 5.61. The van der Waals surface area contributed by atoms with E-state index in [0.29, 0.717) is 30.7 Å². The lowest BCUT2D eigenvalue weighted by Gasteiger charge is -2.27. The Morgan fingerprint density at radius 1 is 1.35 bits per heavy atom. The normalized spacial score (nSPS) is 19.3. The molecule has 4 nitrogen and oxygen atoms in total. The third-order valence-corrected chi connectivity index (χ3v) is 5.56. The molecule has 0 spiro atoms. The van der Waals surface area contributed by atoms with Gasteiger partial charge in [0.1, 0.15) is 5.01 Å². The van der Waals surface area contributed by atoms with Crippen LogP contribution in [0.25, 0.3) is 0 Å². The molecule has 1 aromatic heterocycles. The van der Waals surface area contributed by atoms with E-state index in [1.54, 1.807) is 11.3 Å². The van der Waals surface area contributed by atoms with Gasteiger partial charge in [-0.15, -0.1) is 36.2 Å². The molecule has 1 unspecified atom stereocenters. The molecule has 0 radical (unpaired) electrons. The standard InChI is InChI=1S/C16H25N3OS.2ClH/c1-11(12-4-6-17-7-5-12)8-15(20)18-9-16-19-14(10-21-16)13-2-3-13;;/h10-13,17H,2-9H2,1H3,(H,18,20);2*1H. The summed E-state index contributed by atoms with van der Waals surface area (Å²) in [7, 11) is 0. The van der Waals surface area contributed by atoms with Crippen molar-refractivity contribution in [2.75, 3.05) is 13.1 Å². The van der Waals surface area contributed by atoms with E-state index in [0.717, 1.165) is 18.1 Å². The van der Waals surface area contributed by atoms with Crippen LogP contribution in [0.5, 0.6) is 0 Å². The van der Waals surface area contributed by atoms with E-state index in [1.165, 1.54) is 31.4 Å². The highest BCUT2D eigenvalue weighted by Gasteiger charge is 2.26. The molecule has 2 aliphatic rings. The third kappa shape index (κ3) is 6.22. The van der Waals surface area contributed by atoms with Gasteiger partial charge in [0.05, 0.1) is 12.2 Å². The molecular weight excluding hydrogens is 353 g/mol. The van der Waals surface area contributed by atoms with Crippen LogP contribution in [0, 0.1) is 11.8 Å². The minimum absolute atomic E-state index is 0. The molecule has 1 amide bonds. The first kappa shape index (κ1) is 20.7. The van der Waals surface area contributed by atoms with Gasteiger partial charge in [-0.25, -0.2) is 4.98 Å². The Hall–Kier alpha value is -0.360. The molecule has 0 aromatic carbocycles. The van der Waals surface area contributed by atoms with Crippen LogP contribution in [-0.2, 0) is 11.3 Å². The van der Waals surface area contributed by atoms with Crippen LogP contribution in [0.1, 0.15) is 55.6 Å². The van der Waals surface area contributed by atoms with Gasteiger partial charge in [0, 0.05) is 17.7 Å². The summed E-state index contributed by atoms with van der Waals surface area (Å²) in [6, 6.07) is 0. The number of thiazole rings is 1. The maximum atomic E-state index is 12.1. The van der Waals surface area contributed by atoms with Gasteiger partial charge >= 0.3 is 0 Å². The predicted octanol–water partition coefficient (Wildman–Crippen LogP) is 3.51. The number of hydrogen-bond donors (Lipinski definition) is 2. The number of rotatable bonds is 6.